The van der Waals surface area contributed by atoms with Crippen LogP contribution in [-0.4, -0.2) is 14.9 Å². The first kappa shape index (κ1) is 12.3. The lowest BCUT2D eigenvalue weighted by Crippen LogP contribution is -1.98. The molecule has 0 aliphatic carbocycles. The van der Waals surface area contributed by atoms with E-state index in [-0.39, 0.29) is 5.82 Å². The summed E-state index contributed by atoms with van der Waals surface area (Å²) in [6.07, 6.45) is 3.57. The second-order valence-electron chi connectivity index (χ2n) is 4.57. The Kier molecular flexibility index (Phi) is 3.08. The van der Waals surface area contributed by atoms with Gasteiger partial charge in [-0.2, -0.15) is 5.10 Å². The molecular formula is C14H13FN2OS. The fourth-order valence-electron chi connectivity index (χ4n) is 2.09. The van der Waals surface area contributed by atoms with Gasteiger partial charge in [0.1, 0.15) is 5.82 Å². The number of aromatic nitrogens is 2. The van der Waals surface area contributed by atoms with Crippen LogP contribution in [0.2, 0.25) is 0 Å². The molecule has 3 nitrogen and oxygen atoms in total. The molecule has 3 aromatic rings. The van der Waals surface area contributed by atoms with Gasteiger partial charge in [0.2, 0.25) is 0 Å². The standard InChI is InChI=1S/C14H13FN2OS/c1-17-8-9(7-16-17)4-12(18)14-5-10-2-3-11(15)6-13(10)19-14/h2-3,5-8,12,18H,4H2,1H3. The van der Waals surface area contributed by atoms with Crippen molar-refractivity contribution in [1.29, 1.82) is 0 Å². The van der Waals surface area contributed by atoms with Crippen molar-refractivity contribution >= 4 is 21.4 Å². The molecule has 1 unspecified atom stereocenters. The first-order chi connectivity index (χ1) is 9.11. The summed E-state index contributed by atoms with van der Waals surface area (Å²) in [7, 11) is 1.85. The molecule has 3 rings (SSSR count). The number of rotatable bonds is 3. The van der Waals surface area contributed by atoms with Crippen LogP contribution >= 0.6 is 11.3 Å². The molecule has 0 saturated carbocycles. The molecule has 0 amide bonds. The smallest absolute Gasteiger partial charge is 0.124 e. The van der Waals surface area contributed by atoms with E-state index < -0.39 is 6.10 Å². The van der Waals surface area contributed by atoms with E-state index >= 15 is 0 Å². The Hall–Kier alpha value is -1.72. The van der Waals surface area contributed by atoms with Gasteiger partial charge in [0.15, 0.2) is 0 Å². The van der Waals surface area contributed by atoms with Crippen molar-refractivity contribution < 1.29 is 9.50 Å². The summed E-state index contributed by atoms with van der Waals surface area (Å²) in [6, 6.07) is 6.59. The zero-order valence-electron chi connectivity index (χ0n) is 10.4. The number of fused-ring (bicyclic) bond motifs is 1. The van der Waals surface area contributed by atoms with E-state index in [4.69, 9.17) is 0 Å². The molecule has 98 valence electrons. The van der Waals surface area contributed by atoms with Gasteiger partial charge in [-0.1, -0.05) is 6.07 Å². The highest BCUT2D eigenvalue weighted by molar-refractivity contribution is 7.19. The highest BCUT2D eigenvalue weighted by atomic mass is 32.1. The molecule has 0 aliphatic heterocycles. The lowest BCUT2D eigenvalue weighted by atomic mass is 10.1. The summed E-state index contributed by atoms with van der Waals surface area (Å²) in [4.78, 5) is 0.851. The molecule has 0 bridgehead atoms. The second kappa shape index (κ2) is 4.75. The molecule has 1 N–H and O–H groups in total. The first-order valence-corrected chi connectivity index (χ1v) is 6.78. The van der Waals surface area contributed by atoms with E-state index in [1.807, 2.05) is 19.3 Å². The van der Waals surface area contributed by atoms with Crippen molar-refractivity contribution in [3.8, 4) is 0 Å². The van der Waals surface area contributed by atoms with E-state index in [0.29, 0.717) is 6.42 Å². The van der Waals surface area contributed by atoms with Gasteiger partial charge in [0, 0.05) is 29.2 Å². The Morgan fingerprint density at radius 3 is 3.00 bits per heavy atom. The van der Waals surface area contributed by atoms with Gasteiger partial charge >= 0.3 is 0 Å². The molecule has 5 heteroatoms. The predicted octanol–water partition coefficient (Wildman–Crippen LogP) is 3.05. The lowest BCUT2D eigenvalue weighted by molar-refractivity contribution is 0.182. The summed E-state index contributed by atoms with van der Waals surface area (Å²) in [5.74, 6) is -0.248. The van der Waals surface area contributed by atoms with Gasteiger partial charge in [-0.25, -0.2) is 4.39 Å². The van der Waals surface area contributed by atoms with E-state index in [1.54, 1.807) is 16.9 Å². The van der Waals surface area contributed by atoms with Crippen LogP contribution in [0.15, 0.2) is 36.7 Å². The first-order valence-electron chi connectivity index (χ1n) is 5.96. The third-order valence-electron chi connectivity index (χ3n) is 3.02. The van der Waals surface area contributed by atoms with Crippen molar-refractivity contribution in [2.45, 2.75) is 12.5 Å². The Morgan fingerprint density at radius 1 is 1.42 bits per heavy atom. The maximum absolute atomic E-state index is 13.1. The van der Waals surface area contributed by atoms with E-state index in [9.17, 15) is 9.50 Å². The normalized spacial score (nSPS) is 13.0. The monoisotopic (exact) mass is 276 g/mol. The molecular weight excluding hydrogens is 263 g/mol. The minimum atomic E-state index is -0.579. The van der Waals surface area contributed by atoms with E-state index in [2.05, 4.69) is 5.10 Å². The van der Waals surface area contributed by atoms with Gasteiger partial charge in [0.25, 0.3) is 0 Å². The summed E-state index contributed by atoms with van der Waals surface area (Å²) in [6.45, 7) is 0. The molecule has 1 atom stereocenters. The fourth-order valence-corrected chi connectivity index (χ4v) is 3.17. The van der Waals surface area contributed by atoms with E-state index in [0.717, 1.165) is 20.5 Å². The number of aryl methyl sites for hydroxylation is 1. The van der Waals surface area contributed by atoms with Crippen molar-refractivity contribution in [3.63, 3.8) is 0 Å². The Bertz CT molecular complexity index is 719. The maximum atomic E-state index is 13.1. The maximum Gasteiger partial charge on any atom is 0.124 e. The third-order valence-corrected chi connectivity index (χ3v) is 4.22. The van der Waals surface area contributed by atoms with Crippen LogP contribution in [0, 0.1) is 5.82 Å². The van der Waals surface area contributed by atoms with Gasteiger partial charge < -0.3 is 5.11 Å². The Labute approximate surface area is 113 Å². The highest BCUT2D eigenvalue weighted by Gasteiger charge is 2.13. The number of nitrogens with zero attached hydrogens (tertiary/aromatic N) is 2. The molecule has 2 aromatic heterocycles. The van der Waals surface area contributed by atoms with Crippen LogP contribution in [0.5, 0.6) is 0 Å². The molecule has 0 aliphatic rings. The highest BCUT2D eigenvalue weighted by Crippen LogP contribution is 2.31. The van der Waals surface area contributed by atoms with E-state index in [1.165, 1.54) is 23.5 Å². The molecule has 19 heavy (non-hydrogen) atoms. The SMILES string of the molecule is Cn1cc(CC(O)c2cc3ccc(F)cc3s2)cn1. The molecule has 0 fully saturated rings. The Morgan fingerprint density at radius 2 is 2.26 bits per heavy atom. The minimum absolute atomic E-state index is 0.248. The zero-order valence-corrected chi connectivity index (χ0v) is 11.2. The quantitative estimate of drug-likeness (QED) is 0.798. The molecule has 0 radical (unpaired) electrons. The second-order valence-corrected chi connectivity index (χ2v) is 5.69. The minimum Gasteiger partial charge on any atom is -0.387 e. The number of halogens is 1. The lowest BCUT2D eigenvalue weighted by Gasteiger charge is -2.05. The summed E-state index contributed by atoms with van der Waals surface area (Å²) < 4.78 is 15.7. The average Bonchev–Trinajstić information content (AvgIpc) is 2.95. The number of thiophene rings is 1. The number of hydrogen-bond acceptors (Lipinski definition) is 3. The van der Waals surface area contributed by atoms with Crippen LogP contribution in [-0.2, 0) is 13.5 Å². The number of aliphatic hydroxyl groups excluding tert-OH is 1. The topological polar surface area (TPSA) is 38.0 Å². The van der Waals surface area contributed by atoms with Crippen molar-refractivity contribution in [2.24, 2.45) is 7.05 Å². The van der Waals surface area contributed by atoms with Crippen molar-refractivity contribution in [1.82, 2.24) is 9.78 Å². The van der Waals surface area contributed by atoms with Gasteiger partial charge in [-0.15, -0.1) is 11.3 Å². The molecule has 0 saturated heterocycles. The molecule has 0 spiro atoms. The Balaban J connectivity index is 1.86. The number of benzene rings is 1. The van der Waals surface area contributed by atoms with Crippen LogP contribution in [0.3, 0.4) is 0 Å². The zero-order chi connectivity index (χ0) is 13.4. The number of aliphatic hydroxyl groups is 1. The van der Waals surface area contributed by atoms with Crippen molar-refractivity contribution in [2.75, 3.05) is 0 Å². The van der Waals surface area contributed by atoms with Gasteiger partial charge in [0.05, 0.1) is 12.3 Å². The van der Waals surface area contributed by atoms with Crippen LogP contribution in [0.1, 0.15) is 16.5 Å². The fraction of sp³-hybridized carbons (Fsp3) is 0.214. The van der Waals surface area contributed by atoms with Crippen molar-refractivity contribution in [3.05, 3.63) is 52.9 Å². The molecule has 1 aromatic carbocycles. The van der Waals surface area contributed by atoms with Crippen LogP contribution in [0.25, 0.3) is 10.1 Å². The van der Waals surface area contributed by atoms with Crippen LogP contribution in [0.4, 0.5) is 4.39 Å². The van der Waals surface area contributed by atoms with Gasteiger partial charge in [-0.05, 0) is 29.1 Å². The predicted molar refractivity (Wildman–Crippen MR) is 73.7 cm³/mol. The average molecular weight is 276 g/mol. The largest absolute Gasteiger partial charge is 0.387 e. The van der Waals surface area contributed by atoms with Gasteiger partial charge in [-0.3, -0.25) is 4.68 Å². The summed E-state index contributed by atoms with van der Waals surface area (Å²) in [5.41, 5.74) is 0.985. The summed E-state index contributed by atoms with van der Waals surface area (Å²) >= 11 is 1.43. The molecule has 2 heterocycles. The number of hydrogen-bond donors (Lipinski definition) is 1. The van der Waals surface area contributed by atoms with Crippen LogP contribution < -0.4 is 0 Å². The third kappa shape index (κ3) is 2.52. The summed E-state index contributed by atoms with van der Waals surface area (Å²) in [5, 5.41) is 15.3.